The molecule has 0 fully saturated rings. The Bertz CT molecular complexity index is 441. The summed E-state index contributed by atoms with van der Waals surface area (Å²) in [5.74, 6) is -0.821. The average Bonchev–Trinajstić information content (AvgIpc) is 2.72. The van der Waals surface area contributed by atoms with Crippen molar-refractivity contribution >= 4 is 17.4 Å². The highest BCUT2D eigenvalue weighted by atomic mass is 32.1. The quantitative estimate of drug-likeness (QED) is 0.746. The SMILES string of the molecule is O=C(F)C(c1ccccc1)c1cncs1. The highest BCUT2D eigenvalue weighted by Crippen LogP contribution is 2.28. The van der Waals surface area contributed by atoms with Crippen LogP contribution in [0.5, 0.6) is 0 Å². The second-order valence-electron chi connectivity index (χ2n) is 3.05. The molecule has 0 bridgehead atoms. The van der Waals surface area contributed by atoms with Crippen molar-refractivity contribution in [3.63, 3.8) is 0 Å². The fourth-order valence-corrected chi connectivity index (χ4v) is 2.15. The van der Waals surface area contributed by atoms with E-state index in [1.54, 1.807) is 29.8 Å². The van der Waals surface area contributed by atoms with Gasteiger partial charge in [-0.1, -0.05) is 30.3 Å². The molecule has 4 heteroatoms. The first-order valence-electron chi connectivity index (χ1n) is 4.41. The predicted octanol–water partition coefficient (Wildman–Crippen LogP) is 2.77. The summed E-state index contributed by atoms with van der Waals surface area (Å²) in [6, 6.07) is 7.53. The monoisotopic (exact) mass is 221 g/mol. The minimum absolute atomic E-state index is 0.633. The molecule has 15 heavy (non-hydrogen) atoms. The first-order valence-corrected chi connectivity index (χ1v) is 5.29. The van der Waals surface area contributed by atoms with E-state index in [1.165, 1.54) is 17.5 Å². The Hall–Kier alpha value is -1.55. The molecule has 1 aromatic heterocycles. The molecule has 0 spiro atoms. The summed E-state index contributed by atoms with van der Waals surface area (Å²) in [5, 5.41) is 0. The molecule has 0 aliphatic rings. The third kappa shape index (κ3) is 2.10. The van der Waals surface area contributed by atoms with Crippen molar-refractivity contribution in [1.82, 2.24) is 4.98 Å². The number of thiazole rings is 1. The predicted molar refractivity (Wildman–Crippen MR) is 56.5 cm³/mol. The van der Waals surface area contributed by atoms with E-state index in [2.05, 4.69) is 4.98 Å². The van der Waals surface area contributed by atoms with Gasteiger partial charge in [-0.15, -0.1) is 11.3 Å². The van der Waals surface area contributed by atoms with E-state index in [9.17, 15) is 9.18 Å². The van der Waals surface area contributed by atoms with E-state index in [0.717, 1.165) is 0 Å². The highest BCUT2D eigenvalue weighted by molar-refractivity contribution is 7.09. The van der Waals surface area contributed by atoms with Crippen LogP contribution in [0.3, 0.4) is 0 Å². The second kappa shape index (κ2) is 4.31. The maximum Gasteiger partial charge on any atom is 0.314 e. The van der Waals surface area contributed by atoms with Crippen LogP contribution in [0, 0.1) is 0 Å². The van der Waals surface area contributed by atoms with Gasteiger partial charge in [-0.25, -0.2) is 0 Å². The lowest BCUT2D eigenvalue weighted by atomic mass is 9.99. The van der Waals surface area contributed by atoms with Crippen LogP contribution in [0.4, 0.5) is 4.39 Å². The molecule has 1 aromatic carbocycles. The fraction of sp³-hybridized carbons (Fsp3) is 0.0909. The summed E-state index contributed by atoms with van der Waals surface area (Å²) in [5.41, 5.74) is 2.25. The number of hydrogen-bond donors (Lipinski definition) is 0. The third-order valence-electron chi connectivity index (χ3n) is 2.10. The summed E-state index contributed by atoms with van der Waals surface area (Å²) in [6.07, 6.45) is 1.53. The van der Waals surface area contributed by atoms with E-state index >= 15 is 0 Å². The molecular formula is C11H8FNOS. The molecule has 0 amide bonds. The van der Waals surface area contributed by atoms with Gasteiger partial charge in [-0.05, 0) is 5.56 Å². The van der Waals surface area contributed by atoms with Gasteiger partial charge in [0.05, 0.1) is 5.51 Å². The number of aromatic nitrogens is 1. The van der Waals surface area contributed by atoms with Gasteiger partial charge in [0.25, 0.3) is 0 Å². The summed E-state index contributed by atoms with van der Waals surface area (Å²) in [4.78, 5) is 15.4. The van der Waals surface area contributed by atoms with Crippen LogP contribution in [0.15, 0.2) is 42.0 Å². The molecule has 0 saturated carbocycles. The molecule has 1 atom stereocenters. The van der Waals surface area contributed by atoms with Gasteiger partial charge in [0.1, 0.15) is 5.92 Å². The lowest BCUT2D eigenvalue weighted by Crippen LogP contribution is -2.07. The summed E-state index contributed by atoms with van der Waals surface area (Å²) in [7, 11) is 0. The number of hydrogen-bond acceptors (Lipinski definition) is 3. The zero-order valence-corrected chi connectivity index (χ0v) is 8.58. The number of rotatable bonds is 3. The van der Waals surface area contributed by atoms with Gasteiger partial charge in [0.15, 0.2) is 0 Å². The molecule has 0 aliphatic carbocycles. The smallest absolute Gasteiger partial charge is 0.260 e. The Kier molecular flexibility index (Phi) is 2.87. The molecule has 2 nitrogen and oxygen atoms in total. The van der Waals surface area contributed by atoms with Crippen LogP contribution in [0.1, 0.15) is 16.4 Å². The topological polar surface area (TPSA) is 30.0 Å². The maximum atomic E-state index is 13.0. The van der Waals surface area contributed by atoms with E-state index < -0.39 is 12.0 Å². The van der Waals surface area contributed by atoms with Crippen LogP contribution >= 0.6 is 11.3 Å². The molecule has 0 radical (unpaired) electrons. The molecule has 2 rings (SSSR count). The van der Waals surface area contributed by atoms with E-state index in [1.807, 2.05) is 6.07 Å². The van der Waals surface area contributed by atoms with Crippen LogP contribution < -0.4 is 0 Å². The van der Waals surface area contributed by atoms with Crippen molar-refractivity contribution < 1.29 is 9.18 Å². The highest BCUT2D eigenvalue weighted by Gasteiger charge is 2.23. The third-order valence-corrected chi connectivity index (χ3v) is 2.94. The molecule has 76 valence electrons. The molecule has 0 N–H and O–H groups in total. The van der Waals surface area contributed by atoms with Crippen LogP contribution in [-0.4, -0.2) is 11.0 Å². The van der Waals surface area contributed by atoms with Crippen molar-refractivity contribution in [3.8, 4) is 0 Å². The summed E-state index contributed by atoms with van der Waals surface area (Å²) >= 11 is 1.28. The number of carbonyl (C=O) groups excluding carboxylic acids is 1. The normalized spacial score (nSPS) is 12.3. The van der Waals surface area contributed by atoms with Crippen molar-refractivity contribution in [1.29, 1.82) is 0 Å². The summed E-state index contributed by atoms with van der Waals surface area (Å²) in [6.45, 7) is 0. The Labute approximate surface area is 90.4 Å². The van der Waals surface area contributed by atoms with Crippen LogP contribution in [0.25, 0.3) is 0 Å². The second-order valence-corrected chi connectivity index (χ2v) is 3.97. The van der Waals surface area contributed by atoms with Crippen LogP contribution in [0.2, 0.25) is 0 Å². The zero-order chi connectivity index (χ0) is 10.7. The number of carbonyl (C=O) groups is 1. The standard InChI is InChI=1S/C11H8FNOS/c12-11(14)10(9-6-13-7-15-9)8-4-2-1-3-5-8/h1-7,10H. The molecule has 2 aromatic rings. The van der Waals surface area contributed by atoms with Crippen molar-refractivity contribution in [2.45, 2.75) is 5.92 Å². The minimum atomic E-state index is -1.34. The van der Waals surface area contributed by atoms with Gasteiger partial charge >= 0.3 is 6.04 Å². The Balaban J connectivity index is 2.42. The molecule has 0 aliphatic heterocycles. The minimum Gasteiger partial charge on any atom is -0.260 e. The van der Waals surface area contributed by atoms with Crippen LogP contribution in [-0.2, 0) is 4.79 Å². The van der Waals surface area contributed by atoms with Crippen molar-refractivity contribution in [2.75, 3.05) is 0 Å². The Morgan fingerprint density at radius 2 is 2.07 bits per heavy atom. The van der Waals surface area contributed by atoms with E-state index in [-0.39, 0.29) is 0 Å². The van der Waals surface area contributed by atoms with Gasteiger partial charge in [-0.2, -0.15) is 4.39 Å². The van der Waals surface area contributed by atoms with E-state index in [4.69, 9.17) is 0 Å². The Morgan fingerprint density at radius 1 is 1.33 bits per heavy atom. The largest absolute Gasteiger partial charge is 0.314 e. The first kappa shape index (κ1) is 9.98. The number of nitrogens with zero attached hydrogens (tertiary/aromatic N) is 1. The lowest BCUT2D eigenvalue weighted by Gasteiger charge is -2.08. The lowest BCUT2D eigenvalue weighted by molar-refractivity contribution is -0.129. The number of benzene rings is 1. The molecule has 1 unspecified atom stereocenters. The van der Waals surface area contributed by atoms with Gasteiger partial charge in [0, 0.05) is 11.1 Å². The average molecular weight is 221 g/mol. The molecular weight excluding hydrogens is 213 g/mol. The summed E-state index contributed by atoms with van der Waals surface area (Å²) < 4.78 is 13.0. The number of halogens is 1. The Morgan fingerprint density at radius 3 is 2.60 bits per heavy atom. The van der Waals surface area contributed by atoms with Gasteiger partial charge in [-0.3, -0.25) is 9.78 Å². The maximum absolute atomic E-state index is 13.0. The zero-order valence-electron chi connectivity index (χ0n) is 7.76. The van der Waals surface area contributed by atoms with E-state index in [0.29, 0.717) is 10.4 Å². The van der Waals surface area contributed by atoms with Gasteiger partial charge < -0.3 is 0 Å². The molecule has 0 saturated heterocycles. The van der Waals surface area contributed by atoms with Crippen molar-refractivity contribution in [2.24, 2.45) is 0 Å². The van der Waals surface area contributed by atoms with Crippen molar-refractivity contribution in [3.05, 3.63) is 52.5 Å². The first-order chi connectivity index (χ1) is 7.29. The fourth-order valence-electron chi connectivity index (χ4n) is 1.42. The molecule has 1 heterocycles. The van der Waals surface area contributed by atoms with Gasteiger partial charge in [0.2, 0.25) is 0 Å².